The van der Waals surface area contributed by atoms with Gasteiger partial charge in [0, 0.05) is 19.7 Å². The second kappa shape index (κ2) is 5.05. The van der Waals surface area contributed by atoms with E-state index in [1.54, 1.807) is 11.3 Å². The van der Waals surface area contributed by atoms with Gasteiger partial charge >= 0.3 is 0 Å². The van der Waals surface area contributed by atoms with Crippen molar-refractivity contribution in [3.63, 3.8) is 0 Å². The minimum Gasteiger partial charge on any atom is -0.378 e. The van der Waals surface area contributed by atoms with Gasteiger partial charge in [-0.05, 0) is 32.0 Å². The predicted octanol–water partition coefficient (Wildman–Crippen LogP) is 2.21. The third-order valence-electron chi connectivity index (χ3n) is 2.54. The normalized spacial score (nSPS) is 18.3. The number of ether oxygens (including phenoxy) is 1. The van der Waals surface area contributed by atoms with Crippen LogP contribution in [0.4, 0.5) is 5.13 Å². The van der Waals surface area contributed by atoms with Crippen LogP contribution >= 0.6 is 23.6 Å². The molecule has 0 saturated carbocycles. The first kappa shape index (κ1) is 11.0. The zero-order valence-electron chi connectivity index (χ0n) is 8.73. The van der Waals surface area contributed by atoms with E-state index in [0.29, 0.717) is 6.10 Å². The van der Waals surface area contributed by atoms with Crippen LogP contribution in [0.1, 0.15) is 19.8 Å². The van der Waals surface area contributed by atoms with E-state index in [9.17, 15) is 0 Å². The van der Waals surface area contributed by atoms with E-state index in [0.717, 1.165) is 41.6 Å². The lowest BCUT2D eigenvalue weighted by molar-refractivity contribution is 0.0459. The Morgan fingerprint density at radius 3 is 2.87 bits per heavy atom. The highest BCUT2D eigenvalue weighted by atomic mass is 32.1. The summed E-state index contributed by atoms with van der Waals surface area (Å²) in [7, 11) is 0. The number of nitrogens with one attached hydrogen (secondary N) is 1. The minimum atomic E-state index is 0.429. The molecule has 0 atom stereocenters. The second-order valence-electron chi connectivity index (χ2n) is 3.54. The van der Waals surface area contributed by atoms with Crippen LogP contribution in [0.15, 0.2) is 0 Å². The lowest BCUT2D eigenvalue weighted by Crippen LogP contribution is -2.37. The maximum Gasteiger partial charge on any atom is 0.206 e. The molecule has 0 unspecified atom stereocenters. The lowest BCUT2D eigenvalue weighted by atomic mass is 10.1. The number of H-pyrrole nitrogens is 1. The topological polar surface area (TPSA) is 41.1 Å². The van der Waals surface area contributed by atoms with Gasteiger partial charge in [-0.1, -0.05) is 11.3 Å². The predicted molar refractivity (Wildman–Crippen MR) is 64.2 cm³/mol. The van der Waals surface area contributed by atoms with Crippen LogP contribution in [0, 0.1) is 3.95 Å². The van der Waals surface area contributed by atoms with Gasteiger partial charge in [0.05, 0.1) is 6.10 Å². The molecular formula is C9H15N3OS2. The van der Waals surface area contributed by atoms with Crippen molar-refractivity contribution < 1.29 is 4.74 Å². The van der Waals surface area contributed by atoms with Crippen LogP contribution in [0.25, 0.3) is 0 Å². The summed E-state index contributed by atoms with van der Waals surface area (Å²) in [4.78, 5) is 2.27. The molecule has 0 radical (unpaired) electrons. The number of rotatable bonds is 3. The summed E-state index contributed by atoms with van der Waals surface area (Å²) in [6.45, 7) is 4.89. The molecule has 1 aliphatic heterocycles. The molecule has 84 valence electrons. The second-order valence-corrected chi connectivity index (χ2v) is 5.18. The number of aromatic amines is 1. The summed E-state index contributed by atoms with van der Waals surface area (Å²) < 4.78 is 6.35. The summed E-state index contributed by atoms with van der Waals surface area (Å²) in [5.41, 5.74) is 0. The Morgan fingerprint density at radius 2 is 2.33 bits per heavy atom. The third kappa shape index (κ3) is 2.76. The Bertz CT molecular complexity index is 354. The molecule has 1 aromatic rings. The van der Waals surface area contributed by atoms with Gasteiger partial charge in [-0.15, -0.1) is 5.10 Å². The summed E-state index contributed by atoms with van der Waals surface area (Å²) in [5, 5.41) is 8.01. The van der Waals surface area contributed by atoms with Crippen molar-refractivity contribution in [1.82, 2.24) is 10.2 Å². The van der Waals surface area contributed by atoms with Gasteiger partial charge in [0.15, 0.2) is 3.95 Å². The number of nitrogens with zero attached hydrogens (tertiary/aromatic N) is 2. The van der Waals surface area contributed by atoms with E-state index in [1.165, 1.54) is 0 Å². The van der Waals surface area contributed by atoms with Crippen molar-refractivity contribution in [3.05, 3.63) is 3.95 Å². The van der Waals surface area contributed by atoms with E-state index in [-0.39, 0.29) is 0 Å². The maximum absolute atomic E-state index is 5.60. The maximum atomic E-state index is 5.60. The van der Waals surface area contributed by atoms with E-state index < -0.39 is 0 Å². The zero-order chi connectivity index (χ0) is 10.7. The first-order valence-corrected chi connectivity index (χ1v) is 6.44. The first-order chi connectivity index (χ1) is 7.29. The fraction of sp³-hybridized carbons (Fsp3) is 0.778. The van der Waals surface area contributed by atoms with Crippen LogP contribution in [-0.2, 0) is 4.74 Å². The quantitative estimate of drug-likeness (QED) is 0.829. The average molecular weight is 245 g/mol. The molecule has 1 aliphatic rings. The smallest absolute Gasteiger partial charge is 0.206 e. The molecular weight excluding hydrogens is 230 g/mol. The van der Waals surface area contributed by atoms with Crippen molar-refractivity contribution in [1.29, 1.82) is 0 Å². The largest absolute Gasteiger partial charge is 0.378 e. The van der Waals surface area contributed by atoms with Crippen molar-refractivity contribution in [2.45, 2.75) is 25.9 Å². The Kier molecular flexibility index (Phi) is 3.71. The fourth-order valence-corrected chi connectivity index (χ4v) is 2.74. The number of hydrogen-bond donors (Lipinski definition) is 1. The van der Waals surface area contributed by atoms with Crippen molar-refractivity contribution in [2.75, 3.05) is 24.6 Å². The van der Waals surface area contributed by atoms with E-state index >= 15 is 0 Å². The van der Waals surface area contributed by atoms with Crippen LogP contribution in [0.3, 0.4) is 0 Å². The number of anilines is 1. The fourth-order valence-electron chi connectivity index (χ4n) is 1.81. The van der Waals surface area contributed by atoms with Crippen LogP contribution in [0.2, 0.25) is 0 Å². The van der Waals surface area contributed by atoms with Gasteiger partial charge in [-0.2, -0.15) is 0 Å². The lowest BCUT2D eigenvalue weighted by Gasteiger charge is -2.31. The van der Waals surface area contributed by atoms with Gasteiger partial charge in [0.1, 0.15) is 0 Å². The number of aromatic nitrogens is 2. The Morgan fingerprint density at radius 1 is 1.60 bits per heavy atom. The molecule has 1 fully saturated rings. The molecule has 0 spiro atoms. The summed E-state index contributed by atoms with van der Waals surface area (Å²) in [6, 6.07) is 0. The SMILES string of the molecule is CCOC1CCN(c2n[nH]c(=S)s2)CC1. The van der Waals surface area contributed by atoms with E-state index in [1.807, 2.05) is 6.92 Å². The molecule has 0 amide bonds. The van der Waals surface area contributed by atoms with Crippen LogP contribution in [0.5, 0.6) is 0 Å². The van der Waals surface area contributed by atoms with Gasteiger partial charge in [0.2, 0.25) is 5.13 Å². The summed E-state index contributed by atoms with van der Waals surface area (Å²) >= 11 is 6.56. The van der Waals surface area contributed by atoms with Crippen molar-refractivity contribution >= 4 is 28.7 Å². The molecule has 2 rings (SSSR count). The Labute approximate surface area is 98.3 Å². The molecule has 1 aromatic heterocycles. The highest BCUT2D eigenvalue weighted by Gasteiger charge is 2.20. The molecule has 4 nitrogen and oxygen atoms in total. The van der Waals surface area contributed by atoms with Gasteiger partial charge < -0.3 is 9.64 Å². The molecule has 0 bridgehead atoms. The highest BCUT2D eigenvalue weighted by Crippen LogP contribution is 2.22. The monoisotopic (exact) mass is 245 g/mol. The molecule has 0 aromatic carbocycles. The highest BCUT2D eigenvalue weighted by molar-refractivity contribution is 7.73. The van der Waals surface area contributed by atoms with Gasteiger partial charge in [0.25, 0.3) is 0 Å². The summed E-state index contributed by atoms with van der Waals surface area (Å²) in [6.07, 6.45) is 2.60. The van der Waals surface area contributed by atoms with Crippen molar-refractivity contribution in [2.24, 2.45) is 0 Å². The zero-order valence-corrected chi connectivity index (χ0v) is 10.4. The van der Waals surface area contributed by atoms with Crippen LogP contribution < -0.4 is 4.90 Å². The Balaban J connectivity index is 1.91. The number of piperidine rings is 1. The Hall–Kier alpha value is -0.460. The van der Waals surface area contributed by atoms with Gasteiger partial charge in [-0.3, -0.25) is 5.10 Å². The number of hydrogen-bond acceptors (Lipinski definition) is 5. The van der Waals surface area contributed by atoms with E-state index in [2.05, 4.69) is 15.1 Å². The average Bonchev–Trinajstić information content (AvgIpc) is 2.67. The first-order valence-electron chi connectivity index (χ1n) is 5.21. The third-order valence-corrected chi connectivity index (χ3v) is 3.69. The van der Waals surface area contributed by atoms with Gasteiger partial charge in [-0.25, -0.2) is 0 Å². The van der Waals surface area contributed by atoms with Crippen LogP contribution in [-0.4, -0.2) is 36.0 Å². The molecule has 15 heavy (non-hydrogen) atoms. The molecule has 2 heterocycles. The van der Waals surface area contributed by atoms with Crippen molar-refractivity contribution in [3.8, 4) is 0 Å². The molecule has 0 aliphatic carbocycles. The molecule has 1 N–H and O–H groups in total. The molecule has 1 saturated heterocycles. The minimum absolute atomic E-state index is 0.429. The van der Waals surface area contributed by atoms with E-state index in [4.69, 9.17) is 17.0 Å². The summed E-state index contributed by atoms with van der Waals surface area (Å²) in [5.74, 6) is 0. The standard InChI is InChI=1S/C9H15N3OS2/c1-2-13-7-3-5-12(6-4-7)8-10-11-9(14)15-8/h7H,2-6H2,1H3,(H,11,14). The molecule has 6 heteroatoms.